The predicted molar refractivity (Wildman–Crippen MR) is 208 cm³/mol. The molecule has 0 radical (unpaired) electrons. The van der Waals surface area contributed by atoms with E-state index in [-0.39, 0.29) is 43.5 Å². The topological polar surface area (TPSA) is 232 Å². The third-order valence-electron chi connectivity index (χ3n) is 11.3. The first-order chi connectivity index (χ1) is 27.3. The van der Waals surface area contributed by atoms with Gasteiger partial charge in [0.25, 0.3) is 0 Å². The fraction of sp³-hybridized carbons (Fsp3) is 0.537. The molecule has 0 saturated carbocycles. The zero-order chi connectivity index (χ0) is 41.2. The molecule has 16 nitrogen and oxygen atoms in total. The van der Waals surface area contributed by atoms with Crippen LogP contribution in [-0.4, -0.2) is 129 Å². The molecule has 0 spiro atoms. The minimum absolute atomic E-state index is 0.0954. The first-order valence-corrected chi connectivity index (χ1v) is 19.9. The van der Waals surface area contributed by atoms with Crippen LogP contribution < -0.4 is 21.7 Å². The van der Waals surface area contributed by atoms with E-state index in [1.807, 2.05) is 37.3 Å². The zero-order valence-corrected chi connectivity index (χ0v) is 32.6. The number of carboxylic acid groups (broad SMARTS) is 1. The van der Waals surface area contributed by atoms with E-state index in [4.69, 9.17) is 5.73 Å². The summed E-state index contributed by atoms with van der Waals surface area (Å²) in [6.07, 6.45) is 3.58. The van der Waals surface area contributed by atoms with Gasteiger partial charge in [-0.2, -0.15) is 0 Å². The number of carbonyl (C=O) groups excluding carboxylic acids is 6. The van der Waals surface area contributed by atoms with Crippen molar-refractivity contribution in [2.24, 2.45) is 11.7 Å². The second-order valence-electron chi connectivity index (χ2n) is 15.3. The number of nitrogens with zero attached hydrogens (tertiary/aromatic N) is 3. The van der Waals surface area contributed by atoms with Gasteiger partial charge in [0.1, 0.15) is 36.0 Å². The Morgan fingerprint density at radius 2 is 1.25 bits per heavy atom. The summed E-state index contributed by atoms with van der Waals surface area (Å²) >= 11 is 0. The summed E-state index contributed by atoms with van der Waals surface area (Å²) in [5.74, 6) is -4.35. The quantitative estimate of drug-likeness (QED) is 0.139. The molecule has 3 aliphatic rings. The number of likely N-dealkylation sites (tertiary alicyclic amines) is 3. The van der Waals surface area contributed by atoms with Crippen molar-refractivity contribution >= 4 is 41.4 Å². The summed E-state index contributed by atoms with van der Waals surface area (Å²) in [4.78, 5) is 97.8. The second-order valence-corrected chi connectivity index (χ2v) is 15.3. The van der Waals surface area contributed by atoms with Gasteiger partial charge in [0, 0.05) is 26.1 Å². The number of nitrogens with one attached hydrogen (secondary N) is 3. The number of amides is 6. The third-order valence-corrected chi connectivity index (χ3v) is 11.3. The third kappa shape index (κ3) is 10.7. The lowest BCUT2D eigenvalue weighted by molar-refractivity contribution is -0.146. The standard InChI is InChI=1S/C41H55N7O9/c1-3-25(2)35(41(56)57)45-38(53)33-14-9-21-48(33)40(55)30(23-26-10-5-4-6-11-26)44-37(52)32-13-7-19-46(32)34(50)24-43-36(51)31-12-8-20-47(31)39(54)29(42)22-27-15-17-28(49)18-16-27/h4-6,10-11,15-18,25,29-33,35,49H,3,7-9,12-14,19-24,42H2,1-2H3,(H,43,51)(H,44,52)(H,45,53)(H,56,57). The van der Waals surface area contributed by atoms with Crippen LogP contribution in [0.5, 0.6) is 5.75 Å². The van der Waals surface area contributed by atoms with E-state index < -0.39 is 78.3 Å². The minimum Gasteiger partial charge on any atom is -0.508 e. The highest BCUT2D eigenvalue weighted by Crippen LogP contribution is 2.24. The van der Waals surface area contributed by atoms with Gasteiger partial charge < -0.3 is 46.6 Å². The van der Waals surface area contributed by atoms with Crippen molar-refractivity contribution in [2.75, 3.05) is 26.2 Å². The van der Waals surface area contributed by atoms with Crippen LogP contribution >= 0.6 is 0 Å². The van der Waals surface area contributed by atoms with Gasteiger partial charge in [0.2, 0.25) is 35.4 Å². The van der Waals surface area contributed by atoms with Gasteiger partial charge in [-0.1, -0.05) is 62.7 Å². The van der Waals surface area contributed by atoms with Gasteiger partial charge >= 0.3 is 5.97 Å². The maximum atomic E-state index is 14.2. The molecule has 308 valence electrons. The van der Waals surface area contributed by atoms with Crippen molar-refractivity contribution in [3.8, 4) is 5.75 Å². The van der Waals surface area contributed by atoms with Crippen molar-refractivity contribution < 1.29 is 43.8 Å². The van der Waals surface area contributed by atoms with Gasteiger partial charge in [-0.3, -0.25) is 28.8 Å². The Labute approximate surface area is 332 Å². The number of carbonyl (C=O) groups is 7. The summed E-state index contributed by atoms with van der Waals surface area (Å²) in [7, 11) is 0. The molecule has 0 aromatic heterocycles. The highest BCUT2D eigenvalue weighted by molar-refractivity contribution is 5.97. The van der Waals surface area contributed by atoms with Crippen LogP contribution in [0.1, 0.15) is 69.9 Å². The SMILES string of the molecule is CCC(C)C(NC(=O)C1CCCN1C(=O)C(Cc1ccccc1)NC(=O)C1CCCN1C(=O)CNC(=O)C1CCCN1C(=O)C(N)Cc1ccc(O)cc1)C(=O)O. The number of aliphatic carboxylic acids is 1. The van der Waals surface area contributed by atoms with Gasteiger partial charge in [-0.25, -0.2) is 4.79 Å². The lowest BCUT2D eigenvalue weighted by atomic mass is 9.98. The number of aromatic hydroxyl groups is 1. The number of phenolic OH excluding ortho intramolecular Hbond substituents is 1. The van der Waals surface area contributed by atoms with Gasteiger partial charge in [0.15, 0.2) is 0 Å². The fourth-order valence-corrected chi connectivity index (χ4v) is 7.96. The molecule has 3 fully saturated rings. The summed E-state index contributed by atoms with van der Waals surface area (Å²) in [5.41, 5.74) is 7.75. The van der Waals surface area contributed by atoms with Crippen molar-refractivity contribution in [1.29, 1.82) is 0 Å². The predicted octanol–water partition coefficient (Wildman–Crippen LogP) is 0.694. The van der Waals surface area contributed by atoms with Crippen molar-refractivity contribution in [3.63, 3.8) is 0 Å². The van der Waals surface area contributed by atoms with Crippen molar-refractivity contribution in [3.05, 3.63) is 65.7 Å². The number of rotatable bonds is 16. The molecule has 7 N–H and O–H groups in total. The smallest absolute Gasteiger partial charge is 0.326 e. The molecule has 3 saturated heterocycles. The number of hydrogen-bond donors (Lipinski definition) is 6. The maximum Gasteiger partial charge on any atom is 0.326 e. The molecule has 0 bridgehead atoms. The van der Waals surface area contributed by atoms with E-state index in [0.29, 0.717) is 51.5 Å². The highest BCUT2D eigenvalue weighted by Gasteiger charge is 2.42. The van der Waals surface area contributed by atoms with Crippen molar-refractivity contribution in [1.82, 2.24) is 30.7 Å². The van der Waals surface area contributed by atoms with Crippen LogP contribution in [0.3, 0.4) is 0 Å². The highest BCUT2D eigenvalue weighted by atomic mass is 16.4. The Balaban J connectivity index is 1.21. The van der Waals surface area contributed by atoms with Gasteiger partial charge in [-0.05, 0) is 74.1 Å². The van der Waals surface area contributed by atoms with Crippen LogP contribution in [0.15, 0.2) is 54.6 Å². The second kappa shape index (κ2) is 19.6. The minimum atomic E-state index is -1.16. The largest absolute Gasteiger partial charge is 0.508 e. The van der Waals surface area contributed by atoms with E-state index >= 15 is 0 Å². The molecular formula is C41H55N7O9. The Morgan fingerprint density at radius 3 is 1.84 bits per heavy atom. The summed E-state index contributed by atoms with van der Waals surface area (Å²) in [6.45, 7) is 4.03. The van der Waals surface area contributed by atoms with Crippen LogP contribution in [0.25, 0.3) is 0 Å². The number of phenols is 1. The molecule has 7 unspecified atom stereocenters. The molecule has 3 heterocycles. The van der Waals surface area contributed by atoms with E-state index in [1.165, 1.54) is 26.8 Å². The van der Waals surface area contributed by atoms with Crippen molar-refractivity contribution in [2.45, 2.75) is 108 Å². The zero-order valence-electron chi connectivity index (χ0n) is 32.6. The van der Waals surface area contributed by atoms with Gasteiger partial charge in [-0.15, -0.1) is 0 Å². The number of carboxylic acids is 1. The average Bonchev–Trinajstić information content (AvgIpc) is 4.01. The monoisotopic (exact) mass is 789 g/mol. The molecule has 3 aliphatic heterocycles. The van der Waals surface area contributed by atoms with E-state index in [0.717, 1.165) is 11.1 Å². The maximum absolute atomic E-state index is 14.2. The summed E-state index contributed by atoms with van der Waals surface area (Å²) in [6, 6.07) is 9.73. The van der Waals surface area contributed by atoms with Crippen LogP contribution in [0, 0.1) is 5.92 Å². The number of hydrogen-bond acceptors (Lipinski definition) is 9. The molecule has 2 aromatic carbocycles. The lowest BCUT2D eigenvalue weighted by Gasteiger charge is -2.31. The summed E-state index contributed by atoms with van der Waals surface area (Å²) < 4.78 is 0. The van der Waals surface area contributed by atoms with Gasteiger partial charge in [0.05, 0.1) is 12.6 Å². The van der Waals surface area contributed by atoms with Crippen LogP contribution in [-0.2, 0) is 46.4 Å². The molecule has 57 heavy (non-hydrogen) atoms. The Bertz CT molecular complexity index is 1780. The van der Waals surface area contributed by atoms with E-state index in [2.05, 4.69) is 16.0 Å². The first kappa shape index (κ1) is 42.6. The van der Waals surface area contributed by atoms with E-state index in [1.54, 1.807) is 19.1 Å². The Kier molecular flexibility index (Phi) is 14.6. The van der Waals surface area contributed by atoms with Crippen LogP contribution in [0.2, 0.25) is 0 Å². The summed E-state index contributed by atoms with van der Waals surface area (Å²) in [5, 5.41) is 27.4. The molecule has 6 amide bonds. The Hall–Kier alpha value is -5.51. The molecule has 7 atom stereocenters. The molecular weight excluding hydrogens is 734 g/mol. The normalized spacial score (nSPS) is 21.3. The first-order valence-electron chi connectivity index (χ1n) is 19.9. The average molecular weight is 790 g/mol. The number of benzene rings is 2. The number of nitrogens with two attached hydrogens (primary N) is 1. The fourth-order valence-electron chi connectivity index (χ4n) is 7.96. The van der Waals surface area contributed by atoms with Crippen LogP contribution in [0.4, 0.5) is 0 Å². The molecule has 5 rings (SSSR count). The van der Waals surface area contributed by atoms with E-state index in [9.17, 15) is 43.8 Å². The molecule has 2 aromatic rings. The lowest BCUT2D eigenvalue weighted by Crippen LogP contribution is -2.58. The molecule has 16 heteroatoms. The Morgan fingerprint density at radius 1 is 0.719 bits per heavy atom. The molecule has 0 aliphatic carbocycles.